The van der Waals surface area contributed by atoms with Crippen LogP contribution in [0, 0.1) is 0 Å². The molecule has 0 aromatic heterocycles. The Labute approximate surface area is 108 Å². The minimum Gasteiger partial charge on any atom is -0.493 e. The number of hydrogen-bond donors (Lipinski definition) is 1. The Morgan fingerprint density at radius 1 is 1.22 bits per heavy atom. The maximum atomic E-state index is 11.5. The third-order valence-electron chi connectivity index (χ3n) is 2.64. The molecular formula is C12H19NO4S. The molecule has 0 radical (unpaired) electrons. The van der Waals surface area contributed by atoms with Crippen LogP contribution in [0.25, 0.3) is 0 Å². The highest BCUT2D eigenvalue weighted by molar-refractivity contribution is 7.89. The summed E-state index contributed by atoms with van der Waals surface area (Å²) < 4.78 is 35.9. The van der Waals surface area contributed by atoms with Crippen LogP contribution in [0.4, 0.5) is 0 Å². The van der Waals surface area contributed by atoms with Crippen LogP contribution in [0.1, 0.15) is 25.5 Å². The number of nitrogens with one attached hydrogen (secondary N) is 1. The lowest BCUT2D eigenvalue weighted by Gasteiger charge is -2.16. The summed E-state index contributed by atoms with van der Waals surface area (Å²) in [7, 11) is -0.124. The molecule has 0 saturated heterocycles. The quantitative estimate of drug-likeness (QED) is 0.857. The van der Waals surface area contributed by atoms with Gasteiger partial charge in [0.2, 0.25) is 10.0 Å². The number of methoxy groups -OCH3 is 2. The first kappa shape index (κ1) is 14.8. The molecule has 1 atom stereocenters. The van der Waals surface area contributed by atoms with Crippen molar-refractivity contribution < 1.29 is 17.9 Å². The predicted molar refractivity (Wildman–Crippen MR) is 70.6 cm³/mol. The standard InChI is InChI=1S/C12H19NO4S/c1-5-18(14,15)13-9(2)10-6-7-11(16-3)12(8-10)17-4/h6-9,13H,5H2,1-4H3/t9-/m1/s1. The molecule has 0 spiro atoms. The van der Waals surface area contributed by atoms with Crippen molar-refractivity contribution in [2.75, 3.05) is 20.0 Å². The summed E-state index contributed by atoms with van der Waals surface area (Å²) in [6.07, 6.45) is 0. The molecule has 0 saturated carbocycles. The molecule has 18 heavy (non-hydrogen) atoms. The second-order valence-electron chi connectivity index (χ2n) is 3.86. The predicted octanol–water partition coefficient (Wildman–Crippen LogP) is 1.70. The summed E-state index contributed by atoms with van der Waals surface area (Å²) in [5.41, 5.74) is 0.824. The van der Waals surface area contributed by atoms with Crippen LogP contribution >= 0.6 is 0 Å². The highest BCUT2D eigenvalue weighted by Gasteiger charge is 2.15. The van der Waals surface area contributed by atoms with Gasteiger partial charge in [-0.2, -0.15) is 0 Å². The van der Waals surface area contributed by atoms with E-state index in [9.17, 15) is 8.42 Å². The summed E-state index contributed by atoms with van der Waals surface area (Å²) in [5, 5.41) is 0. The van der Waals surface area contributed by atoms with E-state index in [1.807, 2.05) is 6.07 Å². The van der Waals surface area contributed by atoms with E-state index < -0.39 is 10.0 Å². The maximum Gasteiger partial charge on any atom is 0.211 e. The van der Waals surface area contributed by atoms with E-state index in [1.54, 1.807) is 40.2 Å². The van der Waals surface area contributed by atoms with Gasteiger partial charge in [0.05, 0.1) is 20.0 Å². The molecule has 0 fully saturated rings. The van der Waals surface area contributed by atoms with Crippen molar-refractivity contribution >= 4 is 10.0 Å². The summed E-state index contributed by atoms with van der Waals surface area (Å²) in [5.74, 6) is 1.26. The molecule has 1 N–H and O–H groups in total. The zero-order valence-corrected chi connectivity index (χ0v) is 11.9. The average Bonchev–Trinajstić information content (AvgIpc) is 2.37. The topological polar surface area (TPSA) is 64.6 Å². The Kier molecular flexibility index (Phi) is 4.98. The second-order valence-corrected chi connectivity index (χ2v) is 5.90. The van der Waals surface area contributed by atoms with Gasteiger partial charge in [0.25, 0.3) is 0 Å². The largest absolute Gasteiger partial charge is 0.493 e. The fourth-order valence-electron chi connectivity index (χ4n) is 1.54. The van der Waals surface area contributed by atoms with E-state index >= 15 is 0 Å². The summed E-state index contributed by atoms with van der Waals surface area (Å²) in [6, 6.07) is 5.02. The Balaban J connectivity index is 2.97. The van der Waals surface area contributed by atoms with Gasteiger partial charge in [-0.25, -0.2) is 13.1 Å². The highest BCUT2D eigenvalue weighted by atomic mass is 32.2. The van der Waals surface area contributed by atoms with E-state index in [1.165, 1.54) is 0 Å². The fourth-order valence-corrected chi connectivity index (χ4v) is 2.38. The minimum absolute atomic E-state index is 0.0601. The second kappa shape index (κ2) is 6.06. The average molecular weight is 273 g/mol. The van der Waals surface area contributed by atoms with Gasteiger partial charge in [0.15, 0.2) is 11.5 Å². The molecule has 6 heteroatoms. The third-order valence-corrected chi connectivity index (χ3v) is 4.12. The number of sulfonamides is 1. The van der Waals surface area contributed by atoms with Crippen molar-refractivity contribution in [2.45, 2.75) is 19.9 Å². The maximum absolute atomic E-state index is 11.5. The number of benzene rings is 1. The molecule has 0 unspecified atom stereocenters. The lowest BCUT2D eigenvalue weighted by atomic mass is 10.1. The SMILES string of the molecule is CCS(=O)(=O)N[C@H](C)c1ccc(OC)c(OC)c1. The summed E-state index contributed by atoms with van der Waals surface area (Å²) in [4.78, 5) is 0. The molecule has 1 aromatic carbocycles. The van der Waals surface area contributed by atoms with Crippen LogP contribution in [0.2, 0.25) is 0 Å². The molecule has 0 aliphatic heterocycles. The Bertz CT molecular complexity index is 499. The van der Waals surface area contributed by atoms with Crippen LogP contribution in [0.5, 0.6) is 11.5 Å². The number of rotatable bonds is 6. The van der Waals surface area contributed by atoms with Crippen LogP contribution in [0.15, 0.2) is 18.2 Å². The highest BCUT2D eigenvalue weighted by Crippen LogP contribution is 2.29. The van der Waals surface area contributed by atoms with Gasteiger partial charge in [-0.1, -0.05) is 6.07 Å². The van der Waals surface area contributed by atoms with Gasteiger partial charge >= 0.3 is 0 Å². The van der Waals surface area contributed by atoms with Crippen molar-refractivity contribution in [1.29, 1.82) is 0 Å². The van der Waals surface area contributed by atoms with Gasteiger partial charge in [-0.05, 0) is 31.5 Å². The zero-order valence-electron chi connectivity index (χ0n) is 11.1. The molecule has 0 bridgehead atoms. The molecule has 102 valence electrons. The van der Waals surface area contributed by atoms with E-state index in [0.29, 0.717) is 11.5 Å². The van der Waals surface area contributed by atoms with Crippen LogP contribution in [0.3, 0.4) is 0 Å². The van der Waals surface area contributed by atoms with Gasteiger partial charge in [-0.15, -0.1) is 0 Å². The fraction of sp³-hybridized carbons (Fsp3) is 0.500. The van der Waals surface area contributed by atoms with E-state index in [-0.39, 0.29) is 11.8 Å². The van der Waals surface area contributed by atoms with Crippen molar-refractivity contribution in [1.82, 2.24) is 4.72 Å². The Morgan fingerprint density at radius 2 is 1.83 bits per heavy atom. The van der Waals surface area contributed by atoms with Gasteiger partial charge < -0.3 is 9.47 Å². The van der Waals surface area contributed by atoms with Gasteiger partial charge in [-0.3, -0.25) is 0 Å². The van der Waals surface area contributed by atoms with Crippen molar-refractivity contribution in [2.24, 2.45) is 0 Å². The van der Waals surface area contributed by atoms with Crippen LogP contribution in [-0.2, 0) is 10.0 Å². The van der Waals surface area contributed by atoms with E-state index in [4.69, 9.17) is 9.47 Å². The van der Waals surface area contributed by atoms with E-state index in [0.717, 1.165) is 5.56 Å². The lowest BCUT2D eigenvalue weighted by Crippen LogP contribution is -2.28. The zero-order chi connectivity index (χ0) is 13.8. The summed E-state index contributed by atoms with van der Waals surface area (Å²) in [6.45, 7) is 3.39. The number of ether oxygens (including phenoxy) is 2. The molecule has 0 aliphatic carbocycles. The van der Waals surface area contributed by atoms with Crippen molar-refractivity contribution in [3.05, 3.63) is 23.8 Å². The number of hydrogen-bond acceptors (Lipinski definition) is 4. The first-order chi connectivity index (χ1) is 8.43. The van der Waals surface area contributed by atoms with Crippen molar-refractivity contribution in [3.63, 3.8) is 0 Å². The third kappa shape index (κ3) is 3.61. The minimum atomic E-state index is -3.22. The Hall–Kier alpha value is -1.27. The molecule has 0 heterocycles. The first-order valence-electron chi connectivity index (χ1n) is 5.65. The molecule has 1 aromatic rings. The van der Waals surface area contributed by atoms with Crippen LogP contribution in [-0.4, -0.2) is 28.4 Å². The van der Waals surface area contributed by atoms with Gasteiger partial charge in [0, 0.05) is 6.04 Å². The Morgan fingerprint density at radius 3 is 2.33 bits per heavy atom. The molecular weight excluding hydrogens is 254 g/mol. The van der Waals surface area contributed by atoms with Crippen molar-refractivity contribution in [3.8, 4) is 11.5 Å². The smallest absolute Gasteiger partial charge is 0.211 e. The van der Waals surface area contributed by atoms with Gasteiger partial charge in [0.1, 0.15) is 0 Å². The molecule has 5 nitrogen and oxygen atoms in total. The monoisotopic (exact) mass is 273 g/mol. The van der Waals surface area contributed by atoms with Crippen LogP contribution < -0.4 is 14.2 Å². The van der Waals surface area contributed by atoms with E-state index in [2.05, 4.69) is 4.72 Å². The summed E-state index contributed by atoms with van der Waals surface area (Å²) >= 11 is 0. The molecule has 0 aliphatic rings. The molecule has 0 amide bonds. The molecule has 1 rings (SSSR count). The normalized spacial score (nSPS) is 13.1. The first-order valence-corrected chi connectivity index (χ1v) is 7.30. The lowest BCUT2D eigenvalue weighted by molar-refractivity contribution is 0.354.